The number of carbonyl (C=O) groups is 1. The summed E-state index contributed by atoms with van der Waals surface area (Å²) >= 11 is 2.76. The van der Waals surface area contributed by atoms with Gasteiger partial charge < -0.3 is 20.0 Å². The monoisotopic (exact) mass is 429 g/mol. The predicted octanol–water partition coefficient (Wildman–Crippen LogP) is 3.14. The Morgan fingerprint density at radius 2 is 2.14 bits per heavy atom. The van der Waals surface area contributed by atoms with Gasteiger partial charge in [-0.2, -0.15) is 5.26 Å². The molecule has 3 aromatic rings. The Morgan fingerprint density at radius 1 is 1.38 bits per heavy atom. The Morgan fingerprint density at radius 3 is 2.79 bits per heavy atom. The number of aryl methyl sites for hydroxylation is 2. The molecule has 0 saturated heterocycles. The SMILES string of the molecule is Cc1nc([N+](=O)[O-])cn1CCC(=O)Nc1nnc(SCc2ccc(C#N)cc2)s1. The fourth-order valence-electron chi connectivity index (χ4n) is 2.35. The lowest BCUT2D eigenvalue weighted by Gasteiger charge is -2.02. The molecule has 0 radical (unpaired) electrons. The van der Waals surface area contributed by atoms with Gasteiger partial charge in [0.05, 0.1) is 11.6 Å². The molecule has 0 spiro atoms. The quantitative estimate of drug-likeness (QED) is 0.249. The maximum atomic E-state index is 12.1. The Bertz CT molecular complexity index is 1070. The van der Waals surface area contributed by atoms with E-state index in [1.807, 2.05) is 12.1 Å². The maximum absolute atomic E-state index is 12.1. The summed E-state index contributed by atoms with van der Waals surface area (Å²) in [5, 5.41) is 30.6. The first-order chi connectivity index (χ1) is 13.9. The van der Waals surface area contributed by atoms with Crippen LogP contribution in [0.1, 0.15) is 23.4 Å². The summed E-state index contributed by atoms with van der Waals surface area (Å²) in [7, 11) is 0. The van der Waals surface area contributed by atoms with Crippen LogP contribution in [0.4, 0.5) is 10.9 Å². The molecule has 0 aliphatic heterocycles. The lowest BCUT2D eigenvalue weighted by Crippen LogP contribution is -2.14. The minimum atomic E-state index is -0.568. The van der Waals surface area contributed by atoms with Crippen LogP contribution in [0.2, 0.25) is 0 Å². The van der Waals surface area contributed by atoms with E-state index in [0.29, 0.717) is 26.6 Å². The van der Waals surface area contributed by atoms with Gasteiger partial charge in [0.25, 0.3) is 0 Å². The number of benzene rings is 1. The molecule has 0 saturated carbocycles. The smallest absolute Gasteiger partial charge is 0.358 e. The van der Waals surface area contributed by atoms with E-state index in [1.54, 1.807) is 23.6 Å². The van der Waals surface area contributed by atoms with Crippen LogP contribution in [0.5, 0.6) is 0 Å². The standard InChI is InChI=1S/C17H15N7O3S2/c1-11-19-14(24(26)27)9-23(11)7-6-15(25)20-16-21-22-17(29-16)28-10-13-4-2-12(8-18)3-5-13/h2-5,9H,6-7,10H2,1H3,(H,20,21,25). The maximum Gasteiger partial charge on any atom is 0.381 e. The second-order valence-corrected chi connectivity index (χ2v) is 8.07. The minimum Gasteiger partial charge on any atom is -0.358 e. The highest BCUT2D eigenvalue weighted by atomic mass is 32.2. The van der Waals surface area contributed by atoms with Crippen LogP contribution in [0, 0.1) is 28.4 Å². The molecule has 0 atom stereocenters. The van der Waals surface area contributed by atoms with Crippen LogP contribution >= 0.6 is 23.1 Å². The number of imidazole rings is 1. The molecule has 1 aromatic carbocycles. The number of aromatic nitrogens is 4. The van der Waals surface area contributed by atoms with Crippen molar-refractivity contribution in [3.8, 4) is 6.07 Å². The number of nitrogens with one attached hydrogen (secondary N) is 1. The number of carbonyl (C=O) groups excluding carboxylic acids is 1. The third-order valence-electron chi connectivity index (χ3n) is 3.83. The van der Waals surface area contributed by atoms with Gasteiger partial charge in [-0.25, -0.2) is 0 Å². The number of anilines is 1. The lowest BCUT2D eigenvalue weighted by molar-refractivity contribution is -0.389. The molecule has 10 nitrogen and oxygen atoms in total. The van der Waals surface area contributed by atoms with Crippen LogP contribution in [0.15, 0.2) is 34.8 Å². The largest absolute Gasteiger partial charge is 0.381 e. The molecule has 0 unspecified atom stereocenters. The molecule has 1 N–H and O–H groups in total. The van der Waals surface area contributed by atoms with E-state index in [9.17, 15) is 14.9 Å². The number of amides is 1. The zero-order valence-electron chi connectivity index (χ0n) is 15.2. The second kappa shape index (κ2) is 9.26. The van der Waals surface area contributed by atoms with E-state index in [-0.39, 0.29) is 24.7 Å². The van der Waals surface area contributed by atoms with Crippen molar-refractivity contribution in [2.45, 2.75) is 30.0 Å². The molecular weight excluding hydrogens is 414 g/mol. The van der Waals surface area contributed by atoms with Gasteiger partial charge in [-0.15, -0.1) is 10.2 Å². The van der Waals surface area contributed by atoms with Crippen molar-refractivity contribution in [2.75, 3.05) is 5.32 Å². The van der Waals surface area contributed by atoms with Gasteiger partial charge in [-0.1, -0.05) is 35.2 Å². The van der Waals surface area contributed by atoms with E-state index < -0.39 is 4.92 Å². The van der Waals surface area contributed by atoms with Crippen LogP contribution in [0.25, 0.3) is 0 Å². The highest BCUT2D eigenvalue weighted by molar-refractivity contribution is 8.00. The average molecular weight is 429 g/mol. The fraction of sp³-hybridized carbons (Fsp3) is 0.235. The van der Waals surface area contributed by atoms with Gasteiger partial charge in [-0.05, 0) is 27.6 Å². The molecule has 0 aliphatic rings. The van der Waals surface area contributed by atoms with Gasteiger partial charge in [0.2, 0.25) is 16.9 Å². The van der Waals surface area contributed by atoms with Crippen molar-refractivity contribution in [3.63, 3.8) is 0 Å². The van der Waals surface area contributed by atoms with Crippen molar-refractivity contribution < 1.29 is 9.72 Å². The Kier molecular flexibility index (Phi) is 6.53. The molecule has 0 aliphatic carbocycles. The van der Waals surface area contributed by atoms with Gasteiger partial charge in [0, 0.05) is 25.6 Å². The Labute approximate surface area is 173 Å². The first kappa shape index (κ1) is 20.4. The van der Waals surface area contributed by atoms with Crippen molar-refractivity contribution in [1.82, 2.24) is 19.7 Å². The van der Waals surface area contributed by atoms with Crippen LogP contribution in [-0.2, 0) is 17.1 Å². The number of nitriles is 1. The summed E-state index contributed by atoms with van der Waals surface area (Å²) in [6, 6.07) is 9.37. The molecule has 1 amide bonds. The van der Waals surface area contributed by atoms with Crippen molar-refractivity contribution in [2.24, 2.45) is 0 Å². The van der Waals surface area contributed by atoms with Crippen molar-refractivity contribution in [3.05, 3.63) is 57.5 Å². The zero-order valence-corrected chi connectivity index (χ0v) is 16.9. The van der Waals surface area contributed by atoms with Crippen LogP contribution in [-0.4, -0.2) is 30.6 Å². The molecule has 12 heteroatoms. The van der Waals surface area contributed by atoms with Crippen LogP contribution in [0.3, 0.4) is 0 Å². The van der Waals surface area contributed by atoms with Crippen LogP contribution < -0.4 is 5.32 Å². The average Bonchev–Trinajstić information content (AvgIpc) is 3.31. The second-order valence-electron chi connectivity index (χ2n) is 5.87. The molecule has 29 heavy (non-hydrogen) atoms. The summed E-state index contributed by atoms with van der Waals surface area (Å²) in [5.74, 6) is 0.644. The van der Waals surface area contributed by atoms with E-state index >= 15 is 0 Å². The first-order valence-electron chi connectivity index (χ1n) is 8.38. The summed E-state index contributed by atoms with van der Waals surface area (Å²) in [6.07, 6.45) is 1.44. The zero-order chi connectivity index (χ0) is 20.8. The van der Waals surface area contributed by atoms with Gasteiger partial charge in [0.15, 0.2) is 4.34 Å². The molecular formula is C17H15N7O3S2. The number of rotatable bonds is 8. The Hall–Kier alpha value is -3.30. The normalized spacial score (nSPS) is 10.5. The number of nitrogens with zero attached hydrogens (tertiary/aromatic N) is 6. The van der Waals surface area contributed by atoms with E-state index in [1.165, 1.54) is 29.3 Å². The number of thioether (sulfide) groups is 1. The highest BCUT2D eigenvalue weighted by Crippen LogP contribution is 2.28. The third-order valence-corrected chi connectivity index (χ3v) is 5.87. The molecule has 3 rings (SSSR count). The lowest BCUT2D eigenvalue weighted by atomic mass is 10.2. The van der Waals surface area contributed by atoms with Gasteiger partial charge >= 0.3 is 5.82 Å². The summed E-state index contributed by atoms with van der Waals surface area (Å²) in [4.78, 5) is 26.1. The van der Waals surface area contributed by atoms with E-state index in [2.05, 4.69) is 26.6 Å². The molecule has 148 valence electrons. The summed E-state index contributed by atoms with van der Waals surface area (Å²) < 4.78 is 2.28. The van der Waals surface area contributed by atoms with Gasteiger partial charge in [-0.3, -0.25) is 4.79 Å². The first-order valence-corrected chi connectivity index (χ1v) is 10.2. The topological polar surface area (TPSA) is 140 Å². The predicted molar refractivity (Wildman–Crippen MR) is 107 cm³/mol. The minimum absolute atomic E-state index is 0.127. The number of hydrogen-bond donors (Lipinski definition) is 1. The fourth-order valence-corrected chi connectivity index (χ4v) is 4.07. The highest BCUT2D eigenvalue weighted by Gasteiger charge is 2.16. The molecule has 2 heterocycles. The van der Waals surface area contributed by atoms with Gasteiger partial charge in [0.1, 0.15) is 6.20 Å². The van der Waals surface area contributed by atoms with Crippen molar-refractivity contribution in [1.29, 1.82) is 5.26 Å². The van der Waals surface area contributed by atoms with Crippen molar-refractivity contribution >= 4 is 40.0 Å². The molecule has 2 aromatic heterocycles. The molecule has 0 bridgehead atoms. The summed E-state index contributed by atoms with van der Waals surface area (Å²) in [5.41, 5.74) is 1.67. The van der Waals surface area contributed by atoms with E-state index in [0.717, 1.165) is 5.56 Å². The third kappa shape index (κ3) is 5.59. The number of nitro groups is 1. The molecule has 0 fully saturated rings. The number of hydrogen-bond acceptors (Lipinski definition) is 9. The Balaban J connectivity index is 1.48. The van der Waals surface area contributed by atoms with E-state index in [4.69, 9.17) is 5.26 Å². The summed E-state index contributed by atoms with van der Waals surface area (Å²) in [6.45, 7) is 1.92.